The predicted molar refractivity (Wildman–Crippen MR) is 62.7 cm³/mol. The molecule has 1 unspecified atom stereocenters. The lowest BCUT2D eigenvalue weighted by Crippen LogP contribution is -2.45. The quantitative estimate of drug-likeness (QED) is 0.552. The van der Waals surface area contributed by atoms with Crippen molar-refractivity contribution < 1.29 is 27.4 Å². The molecule has 0 aromatic rings. The molecule has 0 amide bonds. The van der Waals surface area contributed by atoms with Gasteiger partial charge in [0.05, 0.1) is 7.11 Å². The number of hydrogen-bond donors (Lipinski definition) is 0. The molecule has 0 spiro atoms. The Bertz CT molecular complexity index is 284. The van der Waals surface area contributed by atoms with E-state index in [1.807, 2.05) is 4.90 Å². The molecule has 0 aromatic carbocycles. The van der Waals surface area contributed by atoms with Gasteiger partial charge in [0.1, 0.15) is 12.6 Å². The third-order valence-electron chi connectivity index (χ3n) is 3.09. The molecular weight excluding hydrogens is 263 g/mol. The van der Waals surface area contributed by atoms with Gasteiger partial charge >= 0.3 is 12.1 Å². The lowest BCUT2D eigenvalue weighted by Gasteiger charge is -2.33. The minimum atomic E-state index is -4.28. The van der Waals surface area contributed by atoms with Crippen LogP contribution in [0.1, 0.15) is 25.7 Å². The topological polar surface area (TPSA) is 38.8 Å². The van der Waals surface area contributed by atoms with Crippen molar-refractivity contribution in [3.63, 3.8) is 0 Å². The summed E-state index contributed by atoms with van der Waals surface area (Å²) in [6.45, 7) is 0.161. The number of ether oxygens (including phenoxy) is 2. The summed E-state index contributed by atoms with van der Waals surface area (Å²) in [7, 11) is 1.35. The van der Waals surface area contributed by atoms with Gasteiger partial charge in [0.2, 0.25) is 0 Å². The van der Waals surface area contributed by atoms with Crippen LogP contribution >= 0.6 is 0 Å². The molecule has 1 heterocycles. The molecule has 0 saturated carbocycles. The van der Waals surface area contributed by atoms with Crippen LogP contribution in [-0.4, -0.2) is 56.5 Å². The molecule has 0 aromatic heterocycles. The van der Waals surface area contributed by atoms with Crippen molar-refractivity contribution in [2.24, 2.45) is 0 Å². The third kappa shape index (κ3) is 6.24. The summed E-state index contributed by atoms with van der Waals surface area (Å²) in [5, 5.41) is 0. The second-order valence-electron chi connectivity index (χ2n) is 4.59. The van der Waals surface area contributed by atoms with Crippen LogP contribution in [0.5, 0.6) is 0 Å². The number of piperidine rings is 1. The highest BCUT2D eigenvalue weighted by Gasteiger charge is 2.29. The molecule has 4 nitrogen and oxygen atoms in total. The molecule has 0 aliphatic carbocycles. The molecule has 1 saturated heterocycles. The number of esters is 1. The van der Waals surface area contributed by atoms with E-state index in [-0.39, 0.29) is 18.6 Å². The lowest BCUT2D eigenvalue weighted by molar-refractivity contribution is -0.174. The second kappa shape index (κ2) is 7.69. The predicted octanol–water partition coefficient (Wildman–Crippen LogP) is 1.98. The molecule has 1 aliphatic rings. The van der Waals surface area contributed by atoms with Crippen molar-refractivity contribution in [3.8, 4) is 0 Å². The average Bonchev–Trinajstić information content (AvgIpc) is 2.36. The Labute approximate surface area is 110 Å². The largest absolute Gasteiger partial charge is 0.468 e. The molecule has 0 N–H and O–H groups in total. The minimum Gasteiger partial charge on any atom is -0.468 e. The minimum absolute atomic E-state index is 0.0455. The van der Waals surface area contributed by atoms with Crippen LogP contribution in [0.2, 0.25) is 0 Å². The van der Waals surface area contributed by atoms with Crippen LogP contribution in [0.3, 0.4) is 0 Å². The van der Waals surface area contributed by atoms with Gasteiger partial charge in [-0.1, -0.05) is 6.42 Å². The summed E-state index contributed by atoms with van der Waals surface area (Å²) in [4.78, 5) is 13.5. The summed E-state index contributed by atoms with van der Waals surface area (Å²) >= 11 is 0. The first-order chi connectivity index (χ1) is 8.94. The molecule has 1 atom stereocenters. The third-order valence-corrected chi connectivity index (χ3v) is 3.09. The number of hydrogen-bond acceptors (Lipinski definition) is 4. The molecule has 19 heavy (non-hydrogen) atoms. The molecule has 1 aliphatic heterocycles. The molecule has 1 rings (SSSR count). The number of nitrogens with zero attached hydrogens (tertiary/aromatic N) is 1. The average molecular weight is 283 g/mol. The number of halogens is 3. The number of carbonyl (C=O) groups is 1. The van der Waals surface area contributed by atoms with Crippen LogP contribution in [0.4, 0.5) is 13.2 Å². The van der Waals surface area contributed by atoms with Crippen LogP contribution in [0.25, 0.3) is 0 Å². The van der Waals surface area contributed by atoms with Crippen molar-refractivity contribution in [2.75, 3.05) is 33.4 Å². The van der Waals surface area contributed by atoms with E-state index >= 15 is 0 Å². The van der Waals surface area contributed by atoms with Crippen molar-refractivity contribution in [1.29, 1.82) is 0 Å². The summed E-state index contributed by atoms with van der Waals surface area (Å²) in [5.74, 6) is -0.268. The Morgan fingerprint density at radius 3 is 2.74 bits per heavy atom. The molecular formula is C12H20F3NO3. The highest BCUT2D eigenvalue weighted by molar-refractivity contribution is 5.75. The highest BCUT2D eigenvalue weighted by Crippen LogP contribution is 2.18. The highest BCUT2D eigenvalue weighted by atomic mass is 19.4. The Morgan fingerprint density at radius 1 is 1.37 bits per heavy atom. The van der Waals surface area contributed by atoms with Gasteiger partial charge in [0, 0.05) is 13.2 Å². The fourth-order valence-electron chi connectivity index (χ4n) is 2.22. The first-order valence-corrected chi connectivity index (χ1v) is 6.40. The smallest absolute Gasteiger partial charge is 0.411 e. The van der Waals surface area contributed by atoms with Gasteiger partial charge in [-0.3, -0.25) is 9.69 Å². The Morgan fingerprint density at radius 2 is 2.11 bits per heavy atom. The molecule has 112 valence electrons. The van der Waals surface area contributed by atoms with E-state index in [0.29, 0.717) is 13.0 Å². The van der Waals surface area contributed by atoms with Crippen molar-refractivity contribution in [1.82, 2.24) is 4.90 Å². The van der Waals surface area contributed by atoms with E-state index in [0.717, 1.165) is 25.8 Å². The summed E-state index contributed by atoms with van der Waals surface area (Å²) < 4.78 is 44.8. The van der Waals surface area contributed by atoms with Gasteiger partial charge in [-0.15, -0.1) is 0 Å². The number of likely N-dealkylation sites (tertiary alicyclic amines) is 1. The number of methoxy groups -OCH3 is 1. The monoisotopic (exact) mass is 283 g/mol. The second-order valence-corrected chi connectivity index (χ2v) is 4.59. The van der Waals surface area contributed by atoms with Crippen molar-refractivity contribution >= 4 is 5.97 Å². The van der Waals surface area contributed by atoms with Crippen LogP contribution in [-0.2, 0) is 14.3 Å². The standard InChI is InChI=1S/C12H20F3NO3/c1-18-11(17)10-5-2-3-6-16(10)7-4-8-19-9-12(13,14)15/h10H,2-9H2,1H3. The zero-order valence-corrected chi connectivity index (χ0v) is 11.0. The van der Waals surface area contributed by atoms with Crippen LogP contribution < -0.4 is 0 Å². The van der Waals surface area contributed by atoms with E-state index in [4.69, 9.17) is 4.74 Å². The maximum absolute atomic E-state index is 11.9. The Kier molecular flexibility index (Phi) is 6.57. The van der Waals surface area contributed by atoms with E-state index in [1.54, 1.807) is 0 Å². The van der Waals surface area contributed by atoms with Crippen molar-refractivity contribution in [3.05, 3.63) is 0 Å². The van der Waals surface area contributed by atoms with E-state index < -0.39 is 12.8 Å². The zero-order chi connectivity index (χ0) is 14.3. The van der Waals surface area contributed by atoms with Gasteiger partial charge in [-0.05, 0) is 25.8 Å². The number of rotatable bonds is 6. The van der Waals surface area contributed by atoms with Gasteiger partial charge < -0.3 is 9.47 Å². The first-order valence-electron chi connectivity index (χ1n) is 6.40. The van der Waals surface area contributed by atoms with E-state index in [2.05, 4.69) is 4.74 Å². The van der Waals surface area contributed by atoms with Gasteiger partial charge in [0.15, 0.2) is 0 Å². The maximum atomic E-state index is 11.9. The summed E-state index contributed by atoms with van der Waals surface area (Å²) in [6.07, 6.45) is -1.09. The fraction of sp³-hybridized carbons (Fsp3) is 0.917. The summed E-state index contributed by atoms with van der Waals surface area (Å²) in [5.41, 5.74) is 0. The normalized spacial score (nSPS) is 21.4. The fourth-order valence-corrected chi connectivity index (χ4v) is 2.22. The summed E-state index contributed by atoms with van der Waals surface area (Å²) in [6, 6.07) is -0.263. The van der Waals surface area contributed by atoms with E-state index in [1.165, 1.54) is 7.11 Å². The SMILES string of the molecule is COC(=O)C1CCCCN1CCCOCC(F)(F)F. The zero-order valence-electron chi connectivity index (χ0n) is 11.0. The number of alkyl halides is 3. The van der Waals surface area contributed by atoms with Gasteiger partial charge in [0.25, 0.3) is 0 Å². The Balaban J connectivity index is 2.24. The lowest BCUT2D eigenvalue weighted by atomic mass is 10.0. The first kappa shape index (κ1) is 16.2. The molecule has 0 radical (unpaired) electrons. The molecule has 1 fully saturated rings. The number of carbonyl (C=O) groups excluding carboxylic acids is 1. The molecule has 0 bridgehead atoms. The van der Waals surface area contributed by atoms with Gasteiger partial charge in [-0.2, -0.15) is 13.2 Å². The van der Waals surface area contributed by atoms with Crippen LogP contribution in [0.15, 0.2) is 0 Å². The maximum Gasteiger partial charge on any atom is 0.411 e. The van der Waals surface area contributed by atoms with Gasteiger partial charge in [-0.25, -0.2) is 0 Å². The molecule has 7 heteroatoms. The van der Waals surface area contributed by atoms with Crippen LogP contribution in [0, 0.1) is 0 Å². The van der Waals surface area contributed by atoms with Crippen molar-refractivity contribution in [2.45, 2.75) is 37.9 Å². The van der Waals surface area contributed by atoms with E-state index in [9.17, 15) is 18.0 Å². The Hall–Kier alpha value is -0.820.